The highest BCUT2D eigenvalue weighted by Gasteiger charge is 2.20. The molecule has 0 spiro atoms. The molecule has 2 amide bonds. The summed E-state index contributed by atoms with van der Waals surface area (Å²) in [6, 6.07) is 20.8. The minimum absolute atomic E-state index is 0.113. The van der Waals surface area contributed by atoms with Crippen molar-refractivity contribution in [1.82, 2.24) is 30.3 Å². The van der Waals surface area contributed by atoms with Crippen LogP contribution in [0.2, 0.25) is 10.0 Å². The largest absolute Gasteiger partial charge is 0.347 e. The van der Waals surface area contributed by atoms with Gasteiger partial charge in [-0.2, -0.15) is 15.3 Å². The first-order chi connectivity index (χ1) is 18.5. The summed E-state index contributed by atoms with van der Waals surface area (Å²) in [5.74, 6) is -0.646. The average Bonchev–Trinajstić information content (AvgIpc) is 3.37. The van der Waals surface area contributed by atoms with Crippen LogP contribution in [0.25, 0.3) is 16.9 Å². The minimum atomic E-state index is -0.504. The molecule has 188 valence electrons. The molecule has 0 aliphatic heterocycles. The summed E-state index contributed by atoms with van der Waals surface area (Å²) in [5.41, 5.74) is 2.89. The maximum atomic E-state index is 13.4. The Kier molecular flexibility index (Phi) is 7.39. The summed E-state index contributed by atoms with van der Waals surface area (Å²) in [5, 5.41) is 18.1. The summed E-state index contributed by atoms with van der Waals surface area (Å²) in [4.78, 5) is 30.6. The monoisotopic (exact) mass is 543 g/mol. The second-order valence-corrected chi connectivity index (χ2v) is 8.89. The number of carbonyl (C=O) groups is 2. The van der Waals surface area contributed by atoms with Gasteiger partial charge >= 0.3 is 0 Å². The lowest BCUT2D eigenvalue weighted by Gasteiger charge is -2.12. The fourth-order valence-electron chi connectivity index (χ4n) is 3.67. The average molecular weight is 544 g/mol. The van der Waals surface area contributed by atoms with E-state index in [4.69, 9.17) is 23.2 Å². The van der Waals surface area contributed by atoms with Crippen molar-refractivity contribution >= 4 is 40.8 Å². The summed E-state index contributed by atoms with van der Waals surface area (Å²) < 4.78 is 1.48. The Hall–Kier alpha value is -4.60. The molecule has 0 aliphatic carbocycles. The van der Waals surface area contributed by atoms with Crippen LogP contribution in [0, 0.1) is 0 Å². The smallest absolute Gasteiger partial charge is 0.272 e. The Balaban J connectivity index is 1.45. The summed E-state index contributed by atoms with van der Waals surface area (Å²) >= 11 is 12.8. The van der Waals surface area contributed by atoms with Gasteiger partial charge in [0.05, 0.1) is 33.2 Å². The maximum Gasteiger partial charge on any atom is 0.272 e. The molecule has 0 unspecified atom stereocenters. The van der Waals surface area contributed by atoms with Gasteiger partial charge in [0.1, 0.15) is 5.82 Å². The number of benzene rings is 2. The lowest BCUT2D eigenvalue weighted by molar-refractivity contribution is 0.0944. The zero-order valence-electron chi connectivity index (χ0n) is 19.7. The van der Waals surface area contributed by atoms with Crippen LogP contribution in [-0.4, -0.2) is 36.8 Å². The number of hydrogen-bond donors (Lipinski definition) is 2. The van der Waals surface area contributed by atoms with E-state index < -0.39 is 11.8 Å². The third-order valence-corrected chi connectivity index (χ3v) is 6.15. The van der Waals surface area contributed by atoms with Crippen molar-refractivity contribution in [3.63, 3.8) is 0 Å². The normalized spacial score (nSPS) is 10.7. The van der Waals surface area contributed by atoms with E-state index in [0.717, 1.165) is 5.56 Å². The van der Waals surface area contributed by atoms with Gasteiger partial charge in [0.15, 0.2) is 5.69 Å². The van der Waals surface area contributed by atoms with E-state index >= 15 is 0 Å². The van der Waals surface area contributed by atoms with Gasteiger partial charge in [0.25, 0.3) is 11.8 Å². The molecule has 5 aromatic rings. The van der Waals surface area contributed by atoms with Gasteiger partial charge in [0, 0.05) is 30.6 Å². The van der Waals surface area contributed by atoms with Crippen molar-refractivity contribution in [2.75, 3.05) is 5.32 Å². The van der Waals surface area contributed by atoms with Crippen LogP contribution in [0.1, 0.15) is 26.4 Å². The highest BCUT2D eigenvalue weighted by atomic mass is 35.5. The van der Waals surface area contributed by atoms with Gasteiger partial charge in [-0.3, -0.25) is 14.6 Å². The second-order valence-electron chi connectivity index (χ2n) is 8.08. The molecular weight excluding hydrogens is 525 g/mol. The molecule has 2 N–H and O–H groups in total. The third kappa shape index (κ3) is 5.54. The van der Waals surface area contributed by atoms with E-state index in [1.807, 2.05) is 24.3 Å². The van der Waals surface area contributed by atoms with E-state index in [9.17, 15) is 9.59 Å². The summed E-state index contributed by atoms with van der Waals surface area (Å²) in [7, 11) is 0. The Morgan fingerprint density at radius 1 is 0.842 bits per heavy atom. The number of rotatable bonds is 7. The van der Waals surface area contributed by atoms with Crippen LogP contribution >= 0.6 is 23.2 Å². The van der Waals surface area contributed by atoms with Gasteiger partial charge in [-0.1, -0.05) is 47.5 Å². The first-order valence-electron chi connectivity index (χ1n) is 11.4. The van der Waals surface area contributed by atoms with Crippen molar-refractivity contribution in [3.8, 4) is 16.9 Å². The Labute approximate surface area is 227 Å². The number of anilines is 1. The molecule has 0 bridgehead atoms. The molecule has 9 nitrogen and oxygen atoms in total. The van der Waals surface area contributed by atoms with Crippen LogP contribution in [0.5, 0.6) is 0 Å². The SMILES string of the molecule is O=C(NCc1ccnnc1)c1cc(NC(=O)c2cc(-c3ccccn3)c(Cl)cc2Cl)n(-c2ccccc2)n1. The molecule has 0 fully saturated rings. The number of amides is 2. The molecule has 0 saturated carbocycles. The molecular formula is C27H19Cl2N7O2. The Morgan fingerprint density at radius 3 is 2.39 bits per heavy atom. The van der Waals surface area contributed by atoms with Crippen LogP contribution in [-0.2, 0) is 6.54 Å². The summed E-state index contributed by atoms with van der Waals surface area (Å²) in [6.07, 6.45) is 4.74. The zero-order chi connectivity index (χ0) is 26.5. The van der Waals surface area contributed by atoms with Crippen LogP contribution in [0.4, 0.5) is 5.82 Å². The number of pyridine rings is 1. The van der Waals surface area contributed by atoms with E-state index in [1.165, 1.54) is 16.8 Å². The molecule has 11 heteroatoms. The Morgan fingerprint density at radius 2 is 1.66 bits per heavy atom. The quantitative estimate of drug-likeness (QED) is 0.291. The molecule has 5 rings (SSSR count). The van der Waals surface area contributed by atoms with Crippen LogP contribution < -0.4 is 10.6 Å². The van der Waals surface area contributed by atoms with Crippen molar-refractivity contribution in [2.24, 2.45) is 0 Å². The topological polar surface area (TPSA) is 115 Å². The predicted molar refractivity (Wildman–Crippen MR) is 144 cm³/mol. The van der Waals surface area contributed by atoms with E-state index in [0.29, 0.717) is 22.0 Å². The lowest BCUT2D eigenvalue weighted by Crippen LogP contribution is -2.23. The van der Waals surface area contributed by atoms with Gasteiger partial charge in [-0.25, -0.2) is 4.68 Å². The van der Waals surface area contributed by atoms with Gasteiger partial charge in [0.2, 0.25) is 0 Å². The van der Waals surface area contributed by atoms with Crippen molar-refractivity contribution < 1.29 is 9.59 Å². The van der Waals surface area contributed by atoms with Crippen LogP contribution in [0.15, 0.2) is 91.4 Å². The van der Waals surface area contributed by atoms with E-state index in [1.54, 1.807) is 55.0 Å². The fraction of sp³-hybridized carbons (Fsp3) is 0.0370. The lowest BCUT2D eigenvalue weighted by atomic mass is 10.1. The van der Waals surface area contributed by atoms with Crippen molar-refractivity contribution in [3.05, 3.63) is 118 Å². The predicted octanol–water partition coefficient (Wildman–Crippen LogP) is 5.21. The highest BCUT2D eigenvalue weighted by Crippen LogP contribution is 2.32. The maximum absolute atomic E-state index is 13.4. The number of halogens is 2. The molecule has 0 atom stereocenters. The van der Waals surface area contributed by atoms with Crippen molar-refractivity contribution in [2.45, 2.75) is 6.54 Å². The number of nitrogens with zero attached hydrogens (tertiary/aromatic N) is 5. The Bertz CT molecular complexity index is 1590. The molecule has 3 aromatic heterocycles. The molecule has 0 radical (unpaired) electrons. The molecule has 0 aliphatic rings. The number of hydrogen-bond acceptors (Lipinski definition) is 6. The van der Waals surface area contributed by atoms with E-state index in [-0.39, 0.29) is 28.6 Å². The number of para-hydroxylation sites is 1. The molecule has 2 aromatic carbocycles. The first-order valence-corrected chi connectivity index (χ1v) is 12.2. The van der Waals surface area contributed by atoms with Gasteiger partial charge in [-0.15, -0.1) is 0 Å². The number of aromatic nitrogens is 5. The standard InChI is InChI=1S/C27H19Cl2N7O2/c28-21-13-22(29)20(12-19(21)23-8-4-5-10-30-23)26(37)34-25-14-24(35-36(25)18-6-2-1-3-7-18)27(38)31-15-17-9-11-32-33-16-17/h1-14,16H,15H2,(H,31,38)(H,34,37). The van der Waals surface area contributed by atoms with Crippen molar-refractivity contribution in [1.29, 1.82) is 0 Å². The molecule has 3 heterocycles. The van der Waals surface area contributed by atoms with Gasteiger partial charge in [-0.05, 0) is 48.0 Å². The molecule has 38 heavy (non-hydrogen) atoms. The van der Waals surface area contributed by atoms with Crippen LogP contribution in [0.3, 0.4) is 0 Å². The van der Waals surface area contributed by atoms with Gasteiger partial charge < -0.3 is 10.6 Å². The molecule has 0 saturated heterocycles. The number of carbonyl (C=O) groups excluding carboxylic acids is 2. The minimum Gasteiger partial charge on any atom is -0.347 e. The summed E-state index contributed by atoms with van der Waals surface area (Å²) in [6.45, 7) is 0.241. The van der Waals surface area contributed by atoms with E-state index in [2.05, 4.69) is 30.9 Å². The fourth-order valence-corrected chi connectivity index (χ4v) is 4.23. The number of nitrogens with one attached hydrogen (secondary N) is 2. The second kappa shape index (κ2) is 11.2. The first kappa shape index (κ1) is 25.1. The zero-order valence-corrected chi connectivity index (χ0v) is 21.2. The third-order valence-electron chi connectivity index (χ3n) is 5.53. The highest BCUT2D eigenvalue weighted by molar-refractivity contribution is 6.38.